The predicted octanol–water partition coefficient (Wildman–Crippen LogP) is 1.70. The van der Waals surface area contributed by atoms with Gasteiger partial charge < -0.3 is 5.32 Å². The molecule has 0 fully saturated rings. The normalized spacial score (nSPS) is 16.5. The van der Waals surface area contributed by atoms with Crippen molar-refractivity contribution in [1.82, 2.24) is 5.32 Å². The van der Waals surface area contributed by atoms with E-state index in [9.17, 15) is 13.2 Å². The molecule has 1 aliphatic rings. The van der Waals surface area contributed by atoms with Gasteiger partial charge in [0.15, 0.2) is 0 Å². The summed E-state index contributed by atoms with van der Waals surface area (Å²) in [6, 6.07) is 0. The highest BCUT2D eigenvalue weighted by atomic mass is 19.4. The van der Waals surface area contributed by atoms with Crippen LogP contribution in [0, 0.1) is 0 Å². The molecule has 0 spiro atoms. The van der Waals surface area contributed by atoms with Crippen molar-refractivity contribution in [2.75, 3.05) is 0 Å². The lowest BCUT2D eigenvalue weighted by molar-refractivity contribution is -0.0955. The minimum atomic E-state index is -4.28. The fourth-order valence-corrected chi connectivity index (χ4v) is 0.523. The molecule has 0 aromatic heterocycles. The van der Waals surface area contributed by atoms with Crippen LogP contribution in [0.2, 0.25) is 0 Å². The second kappa shape index (κ2) is 2.23. The monoisotopic (exact) mass is 147 g/mol. The number of nitrogens with one attached hydrogen (secondary N) is 1. The summed E-state index contributed by atoms with van der Waals surface area (Å²) in [6.07, 6.45) is -1.03. The van der Waals surface area contributed by atoms with Gasteiger partial charge in [0.25, 0.3) is 0 Å². The van der Waals surface area contributed by atoms with Crippen LogP contribution in [-0.2, 0) is 0 Å². The highest BCUT2D eigenvalue weighted by Crippen LogP contribution is 2.23. The zero-order chi connectivity index (χ0) is 7.61. The summed E-state index contributed by atoms with van der Waals surface area (Å²) >= 11 is 0. The van der Waals surface area contributed by atoms with Gasteiger partial charge in [0, 0.05) is 6.20 Å². The van der Waals surface area contributed by atoms with Gasteiger partial charge in [-0.25, -0.2) is 0 Å². The SMILES string of the molecule is FC(F)(F)C1=CC=C=CN1. The third-order valence-corrected chi connectivity index (χ3v) is 0.963. The molecular formula is C6H4F3N. The van der Waals surface area contributed by atoms with Gasteiger partial charge in [-0.2, -0.15) is 13.2 Å². The summed E-state index contributed by atoms with van der Waals surface area (Å²) in [5, 5.41) is 2.03. The third kappa shape index (κ3) is 1.42. The highest BCUT2D eigenvalue weighted by Gasteiger charge is 2.33. The lowest BCUT2D eigenvalue weighted by Gasteiger charge is -2.10. The predicted molar refractivity (Wildman–Crippen MR) is 29.9 cm³/mol. The molecule has 0 saturated heterocycles. The third-order valence-electron chi connectivity index (χ3n) is 0.963. The van der Waals surface area contributed by atoms with Gasteiger partial charge in [-0.15, -0.1) is 5.73 Å². The summed E-state index contributed by atoms with van der Waals surface area (Å²) in [4.78, 5) is 0. The molecule has 0 saturated carbocycles. The van der Waals surface area contributed by atoms with E-state index in [1.54, 1.807) is 0 Å². The molecule has 4 heteroatoms. The second-order valence-electron chi connectivity index (χ2n) is 1.70. The molecule has 54 valence electrons. The van der Waals surface area contributed by atoms with Crippen LogP contribution in [0.25, 0.3) is 0 Å². The first-order valence-electron chi connectivity index (χ1n) is 2.55. The van der Waals surface area contributed by atoms with Gasteiger partial charge in [0.05, 0.1) is 0 Å². The maximum Gasteiger partial charge on any atom is 0.431 e. The van der Waals surface area contributed by atoms with E-state index in [1.165, 1.54) is 6.08 Å². The van der Waals surface area contributed by atoms with Crippen molar-refractivity contribution in [3.05, 3.63) is 29.8 Å². The smallest absolute Gasteiger partial charge is 0.351 e. The van der Waals surface area contributed by atoms with Crippen LogP contribution in [0.1, 0.15) is 0 Å². The fraction of sp³-hybridized carbons (Fsp3) is 0.167. The van der Waals surface area contributed by atoms with Crippen LogP contribution >= 0.6 is 0 Å². The zero-order valence-corrected chi connectivity index (χ0v) is 4.87. The van der Waals surface area contributed by atoms with Gasteiger partial charge in [0.2, 0.25) is 0 Å². The molecule has 0 radical (unpaired) electrons. The molecular weight excluding hydrogens is 143 g/mol. The van der Waals surface area contributed by atoms with Crippen molar-refractivity contribution in [2.24, 2.45) is 0 Å². The lowest BCUT2D eigenvalue weighted by atomic mass is 10.3. The molecule has 0 amide bonds. The van der Waals surface area contributed by atoms with Gasteiger partial charge in [-0.1, -0.05) is 0 Å². The van der Waals surface area contributed by atoms with Crippen molar-refractivity contribution < 1.29 is 13.2 Å². The molecule has 0 aliphatic carbocycles. The first-order valence-corrected chi connectivity index (χ1v) is 2.55. The number of hydrogen-bond donors (Lipinski definition) is 1. The Labute approximate surface area is 55.5 Å². The number of rotatable bonds is 0. The molecule has 1 nitrogen and oxygen atoms in total. The van der Waals surface area contributed by atoms with Crippen LogP contribution in [0.5, 0.6) is 0 Å². The van der Waals surface area contributed by atoms with E-state index in [2.05, 4.69) is 5.73 Å². The molecule has 0 atom stereocenters. The molecule has 1 aliphatic heterocycles. The lowest BCUT2D eigenvalue weighted by Crippen LogP contribution is -2.22. The first-order chi connectivity index (χ1) is 4.61. The van der Waals surface area contributed by atoms with Crippen molar-refractivity contribution in [1.29, 1.82) is 0 Å². The van der Waals surface area contributed by atoms with E-state index in [0.29, 0.717) is 0 Å². The Balaban J connectivity index is 2.79. The Bertz CT molecular complexity index is 218. The molecule has 1 heterocycles. The van der Waals surface area contributed by atoms with Crippen LogP contribution < -0.4 is 5.32 Å². The molecule has 0 aromatic rings. The van der Waals surface area contributed by atoms with Crippen LogP contribution in [0.4, 0.5) is 13.2 Å². The summed E-state index contributed by atoms with van der Waals surface area (Å²) in [5.41, 5.74) is 1.69. The van der Waals surface area contributed by atoms with Crippen LogP contribution in [-0.4, -0.2) is 6.18 Å². The van der Waals surface area contributed by atoms with Gasteiger partial charge >= 0.3 is 6.18 Å². The summed E-state index contributed by atoms with van der Waals surface area (Å²) in [5.74, 6) is 0. The Morgan fingerprint density at radius 2 is 2.10 bits per heavy atom. The number of alkyl halides is 3. The van der Waals surface area contributed by atoms with E-state index >= 15 is 0 Å². The topological polar surface area (TPSA) is 12.0 Å². The van der Waals surface area contributed by atoms with Gasteiger partial charge in [-0.05, 0) is 12.2 Å². The van der Waals surface area contributed by atoms with Crippen molar-refractivity contribution in [2.45, 2.75) is 6.18 Å². The largest absolute Gasteiger partial charge is 0.431 e. The van der Waals surface area contributed by atoms with Crippen LogP contribution in [0.3, 0.4) is 0 Å². The van der Waals surface area contributed by atoms with Crippen LogP contribution in [0.15, 0.2) is 29.8 Å². The summed E-state index contributed by atoms with van der Waals surface area (Å²) in [7, 11) is 0. The highest BCUT2D eigenvalue weighted by molar-refractivity contribution is 5.20. The van der Waals surface area contributed by atoms with Crippen molar-refractivity contribution in [3.8, 4) is 0 Å². The van der Waals surface area contributed by atoms with E-state index in [-0.39, 0.29) is 0 Å². The van der Waals surface area contributed by atoms with Gasteiger partial charge in [-0.3, -0.25) is 0 Å². The molecule has 0 aromatic carbocycles. The fourth-order valence-electron chi connectivity index (χ4n) is 0.523. The standard InChI is InChI=1S/C6H4F3N/c7-6(8,9)5-3-1-2-4-10-5/h1,3-4,10H. The summed E-state index contributed by atoms with van der Waals surface area (Å²) in [6.45, 7) is 0. The maximum absolute atomic E-state index is 11.7. The van der Waals surface area contributed by atoms with E-state index in [4.69, 9.17) is 0 Å². The van der Waals surface area contributed by atoms with E-state index in [1.807, 2.05) is 5.32 Å². The maximum atomic E-state index is 11.7. The Kier molecular flexibility index (Phi) is 1.55. The quantitative estimate of drug-likeness (QED) is 0.514. The zero-order valence-electron chi connectivity index (χ0n) is 4.87. The molecule has 1 N–H and O–H groups in total. The first kappa shape index (κ1) is 6.96. The Morgan fingerprint density at radius 1 is 1.40 bits per heavy atom. The number of hydrogen-bond acceptors (Lipinski definition) is 1. The molecule has 10 heavy (non-hydrogen) atoms. The van der Waals surface area contributed by atoms with E-state index < -0.39 is 11.9 Å². The Hall–Kier alpha value is -1.15. The van der Waals surface area contributed by atoms with E-state index in [0.717, 1.165) is 12.3 Å². The molecule has 1 rings (SSSR count). The summed E-state index contributed by atoms with van der Waals surface area (Å²) < 4.78 is 35.2. The average molecular weight is 147 g/mol. The molecule has 0 bridgehead atoms. The minimum Gasteiger partial charge on any atom is -0.351 e. The number of halogens is 3. The van der Waals surface area contributed by atoms with Gasteiger partial charge in [0.1, 0.15) is 5.70 Å². The van der Waals surface area contributed by atoms with Crippen molar-refractivity contribution >= 4 is 0 Å². The minimum absolute atomic E-state index is 0.758. The Morgan fingerprint density at radius 3 is 2.40 bits per heavy atom. The average Bonchev–Trinajstić information content (AvgIpc) is 1.88. The second-order valence-corrected chi connectivity index (χ2v) is 1.70. The van der Waals surface area contributed by atoms with Crippen molar-refractivity contribution in [3.63, 3.8) is 0 Å². The number of allylic oxidation sites excluding steroid dienone is 3. The molecule has 0 unspecified atom stereocenters.